The van der Waals surface area contributed by atoms with Gasteiger partial charge in [-0.1, -0.05) is 49.7 Å². The monoisotopic (exact) mass is 284 g/mol. The van der Waals surface area contributed by atoms with Crippen molar-refractivity contribution in [3.8, 4) is 0 Å². The first kappa shape index (κ1) is 15.5. The summed E-state index contributed by atoms with van der Waals surface area (Å²) in [6, 6.07) is 14.3. The summed E-state index contributed by atoms with van der Waals surface area (Å²) in [5, 5.41) is 5.27. The van der Waals surface area contributed by atoms with E-state index in [1.54, 1.807) is 0 Å². The number of anilines is 1. The van der Waals surface area contributed by atoms with Crippen molar-refractivity contribution in [2.75, 3.05) is 5.32 Å². The number of hydrogen-bond donors (Lipinski definition) is 2. The Labute approximate surface area is 126 Å². The Balaban J connectivity index is 2.01. The van der Waals surface area contributed by atoms with E-state index in [1.807, 2.05) is 44.2 Å². The lowest BCUT2D eigenvalue weighted by Gasteiger charge is -2.14. The van der Waals surface area contributed by atoms with E-state index < -0.39 is 0 Å². The van der Waals surface area contributed by atoms with Gasteiger partial charge in [-0.25, -0.2) is 0 Å². The van der Waals surface area contributed by atoms with Crippen molar-refractivity contribution in [3.63, 3.8) is 0 Å². The molecular weight excluding hydrogens is 260 g/mol. The molecule has 0 aliphatic carbocycles. The van der Waals surface area contributed by atoms with Gasteiger partial charge in [0.1, 0.15) is 0 Å². The van der Waals surface area contributed by atoms with Gasteiger partial charge in [0.15, 0.2) is 0 Å². The molecule has 0 aliphatic heterocycles. The Morgan fingerprint density at radius 2 is 1.81 bits per heavy atom. The molecule has 0 fully saturated rings. The molecule has 3 nitrogen and oxygen atoms in total. The standard InChI is InChI=1S/C18H24N2O/c1-13(7-5-8-14(2)19)18(21)20-17-12-6-10-15-9-3-4-11-16(15)17/h3-4,6,9-14H,5,7-8,19H2,1-2H3,(H,20,21). The molecule has 0 saturated carbocycles. The van der Waals surface area contributed by atoms with Gasteiger partial charge in [-0.15, -0.1) is 0 Å². The molecule has 0 heterocycles. The minimum Gasteiger partial charge on any atom is -0.328 e. The fourth-order valence-corrected chi connectivity index (χ4v) is 2.47. The Hall–Kier alpha value is -1.87. The van der Waals surface area contributed by atoms with Crippen LogP contribution in [0.3, 0.4) is 0 Å². The average molecular weight is 284 g/mol. The predicted octanol–water partition coefficient (Wildman–Crippen LogP) is 3.93. The molecule has 2 aromatic rings. The van der Waals surface area contributed by atoms with Crippen LogP contribution in [0.15, 0.2) is 42.5 Å². The van der Waals surface area contributed by atoms with Crippen molar-refractivity contribution < 1.29 is 4.79 Å². The van der Waals surface area contributed by atoms with Gasteiger partial charge in [-0.05, 0) is 31.2 Å². The van der Waals surface area contributed by atoms with E-state index in [2.05, 4.69) is 17.4 Å². The normalized spacial score (nSPS) is 13.9. The first-order valence-corrected chi connectivity index (χ1v) is 7.62. The van der Waals surface area contributed by atoms with Crippen LogP contribution in [-0.2, 0) is 4.79 Å². The number of carbonyl (C=O) groups is 1. The van der Waals surface area contributed by atoms with Crippen LogP contribution in [0.25, 0.3) is 10.8 Å². The molecule has 21 heavy (non-hydrogen) atoms. The fraction of sp³-hybridized carbons (Fsp3) is 0.389. The topological polar surface area (TPSA) is 55.1 Å². The highest BCUT2D eigenvalue weighted by atomic mass is 16.1. The van der Waals surface area contributed by atoms with Gasteiger partial charge in [-0.2, -0.15) is 0 Å². The van der Waals surface area contributed by atoms with Crippen LogP contribution in [-0.4, -0.2) is 11.9 Å². The number of rotatable bonds is 6. The molecule has 0 bridgehead atoms. The van der Waals surface area contributed by atoms with Crippen molar-refractivity contribution in [1.29, 1.82) is 0 Å². The van der Waals surface area contributed by atoms with Crippen LogP contribution in [0.4, 0.5) is 5.69 Å². The summed E-state index contributed by atoms with van der Waals surface area (Å²) in [4.78, 5) is 12.3. The highest BCUT2D eigenvalue weighted by Gasteiger charge is 2.14. The fourth-order valence-electron chi connectivity index (χ4n) is 2.47. The number of nitrogens with two attached hydrogens (primary N) is 1. The Kier molecular flexibility index (Phi) is 5.34. The molecule has 0 aliphatic rings. The van der Waals surface area contributed by atoms with Crippen LogP contribution in [0.2, 0.25) is 0 Å². The van der Waals surface area contributed by atoms with Crippen molar-refractivity contribution in [3.05, 3.63) is 42.5 Å². The second-order valence-corrected chi connectivity index (χ2v) is 5.83. The van der Waals surface area contributed by atoms with Gasteiger partial charge in [0, 0.05) is 23.0 Å². The lowest BCUT2D eigenvalue weighted by molar-refractivity contribution is -0.119. The quantitative estimate of drug-likeness (QED) is 0.844. The number of amides is 1. The summed E-state index contributed by atoms with van der Waals surface area (Å²) in [7, 11) is 0. The lowest BCUT2D eigenvalue weighted by Crippen LogP contribution is -2.21. The molecule has 0 saturated heterocycles. The summed E-state index contributed by atoms with van der Waals surface area (Å²) in [5.74, 6) is 0.0822. The van der Waals surface area contributed by atoms with Gasteiger partial charge >= 0.3 is 0 Å². The number of hydrogen-bond acceptors (Lipinski definition) is 2. The van der Waals surface area contributed by atoms with Gasteiger partial charge in [-0.3, -0.25) is 4.79 Å². The number of carbonyl (C=O) groups excluding carboxylic acids is 1. The number of nitrogens with one attached hydrogen (secondary N) is 1. The van der Waals surface area contributed by atoms with Crippen molar-refractivity contribution in [2.24, 2.45) is 11.7 Å². The van der Waals surface area contributed by atoms with Crippen LogP contribution in [0.1, 0.15) is 33.1 Å². The molecule has 0 spiro atoms. The highest BCUT2D eigenvalue weighted by Crippen LogP contribution is 2.24. The summed E-state index contributed by atoms with van der Waals surface area (Å²) in [6.07, 6.45) is 2.83. The zero-order chi connectivity index (χ0) is 15.2. The molecule has 1 amide bonds. The summed E-state index contributed by atoms with van der Waals surface area (Å²) < 4.78 is 0. The maximum Gasteiger partial charge on any atom is 0.227 e. The average Bonchev–Trinajstić information content (AvgIpc) is 2.47. The van der Waals surface area contributed by atoms with E-state index in [1.165, 1.54) is 0 Å². The molecule has 2 rings (SSSR count). The van der Waals surface area contributed by atoms with Crippen molar-refractivity contribution >= 4 is 22.4 Å². The summed E-state index contributed by atoms with van der Waals surface area (Å²) in [5.41, 5.74) is 6.63. The zero-order valence-electron chi connectivity index (χ0n) is 12.8. The molecule has 3 heteroatoms. The molecule has 2 aromatic carbocycles. The van der Waals surface area contributed by atoms with Gasteiger partial charge < -0.3 is 11.1 Å². The molecule has 3 N–H and O–H groups in total. The highest BCUT2D eigenvalue weighted by molar-refractivity contribution is 6.02. The van der Waals surface area contributed by atoms with Gasteiger partial charge in [0.25, 0.3) is 0 Å². The zero-order valence-corrected chi connectivity index (χ0v) is 12.8. The first-order valence-electron chi connectivity index (χ1n) is 7.62. The maximum absolute atomic E-state index is 12.3. The Bertz CT molecular complexity index is 602. The molecule has 2 unspecified atom stereocenters. The smallest absolute Gasteiger partial charge is 0.227 e. The Morgan fingerprint density at radius 3 is 2.57 bits per heavy atom. The van der Waals surface area contributed by atoms with E-state index in [0.717, 1.165) is 35.7 Å². The van der Waals surface area contributed by atoms with Crippen molar-refractivity contribution in [1.82, 2.24) is 0 Å². The Morgan fingerprint density at radius 1 is 1.10 bits per heavy atom. The largest absolute Gasteiger partial charge is 0.328 e. The van der Waals surface area contributed by atoms with Gasteiger partial charge in [0.05, 0.1) is 0 Å². The second-order valence-electron chi connectivity index (χ2n) is 5.83. The minimum atomic E-state index is 0.00252. The van der Waals surface area contributed by atoms with E-state index in [9.17, 15) is 4.79 Å². The van der Waals surface area contributed by atoms with Crippen LogP contribution in [0.5, 0.6) is 0 Å². The summed E-state index contributed by atoms with van der Waals surface area (Å²) >= 11 is 0. The number of benzene rings is 2. The third kappa shape index (κ3) is 4.30. The third-order valence-corrected chi connectivity index (χ3v) is 3.79. The molecular formula is C18H24N2O. The third-order valence-electron chi connectivity index (χ3n) is 3.79. The van der Waals surface area contributed by atoms with E-state index in [0.29, 0.717) is 0 Å². The molecule has 0 radical (unpaired) electrons. The molecule has 0 aromatic heterocycles. The van der Waals surface area contributed by atoms with E-state index in [-0.39, 0.29) is 17.9 Å². The summed E-state index contributed by atoms with van der Waals surface area (Å²) in [6.45, 7) is 3.97. The van der Waals surface area contributed by atoms with Crippen LogP contribution >= 0.6 is 0 Å². The van der Waals surface area contributed by atoms with Crippen LogP contribution < -0.4 is 11.1 Å². The van der Waals surface area contributed by atoms with Gasteiger partial charge in [0.2, 0.25) is 5.91 Å². The first-order chi connectivity index (χ1) is 10.1. The van der Waals surface area contributed by atoms with E-state index >= 15 is 0 Å². The van der Waals surface area contributed by atoms with Crippen LogP contribution in [0, 0.1) is 5.92 Å². The number of fused-ring (bicyclic) bond motifs is 1. The van der Waals surface area contributed by atoms with E-state index in [4.69, 9.17) is 5.73 Å². The minimum absolute atomic E-state index is 0.00252. The lowest BCUT2D eigenvalue weighted by atomic mass is 10.0. The SMILES string of the molecule is CC(N)CCCC(C)C(=O)Nc1cccc2ccccc12. The molecule has 112 valence electrons. The maximum atomic E-state index is 12.3. The predicted molar refractivity (Wildman–Crippen MR) is 89.2 cm³/mol. The van der Waals surface area contributed by atoms with Crippen molar-refractivity contribution in [2.45, 2.75) is 39.2 Å². The second kappa shape index (κ2) is 7.23. The molecule has 2 atom stereocenters.